The Kier molecular flexibility index (Phi) is 2.52. The van der Waals surface area contributed by atoms with Crippen molar-refractivity contribution in [1.29, 1.82) is 0 Å². The molecule has 0 saturated heterocycles. The van der Waals surface area contributed by atoms with Crippen molar-refractivity contribution in [2.75, 3.05) is 0 Å². The van der Waals surface area contributed by atoms with E-state index in [-0.39, 0.29) is 5.76 Å². The molecule has 1 heterocycles. The molecule has 1 aliphatic rings. The molecule has 4 heteroatoms. The van der Waals surface area contributed by atoms with E-state index in [1.54, 1.807) is 0 Å². The van der Waals surface area contributed by atoms with Gasteiger partial charge in [-0.15, -0.1) is 0 Å². The molecule has 2 aromatic rings. The van der Waals surface area contributed by atoms with E-state index >= 15 is 0 Å². The van der Waals surface area contributed by atoms with Crippen molar-refractivity contribution in [3.63, 3.8) is 0 Å². The van der Waals surface area contributed by atoms with Crippen LogP contribution in [0.1, 0.15) is 37.2 Å². The number of aromatic amines is 1. The van der Waals surface area contributed by atoms with Gasteiger partial charge in [0, 0.05) is 6.04 Å². The number of fused-ring (bicyclic) bond motifs is 1. The number of nitrogens with one attached hydrogen (secondary N) is 1. The van der Waals surface area contributed by atoms with Gasteiger partial charge in [-0.1, -0.05) is 6.07 Å². The minimum atomic E-state index is -0.386. The van der Waals surface area contributed by atoms with Crippen LogP contribution in [0.2, 0.25) is 0 Å². The number of benzene rings is 1. The number of hydrogen-bond acceptors (Lipinski definition) is 3. The summed E-state index contributed by atoms with van der Waals surface area (Å²) in [4.78, 5) is 13.7. The van der Waals surface area contributed by atoms with Crippen LogP contribution in [-0.4, -0.2) is 11.0 Å². The van der Waals surface area contributed by atoms with Crippen molar-refractivity contribution >= 4 is 11.1 Å². The average molecular weight is 232 g/mol. The van der Waals surface area contributed by atoms with Gasteiger partial charge in [0.25, 0.3) is 0 Å². The lowest BCUT2D eigenvalue weighted by atomic mass is 9.82. The lowest BCUT2D eigenvalue weighted by Gasteiger charge is -2.26. The molecule has 3 rings (SSSR count). The Morgan fingerprint density at radius 3 is 2.76 bits per heavy atom. The molecule has 0 amide bonds. The number of H-pyrrole nitrogens is 1. The summed E-state index contributed by atoms with van der Waals surface area (Å²) >= 11 is 0. The van der Waals surface area contributed by atoms with Crippen molar-refractivity contribution in [1.82, 2.24) is 4.98 Å². The number of oxazole rings is 1. The second kappa shape index (κ2) is 4.04. The van der Waals surface area contributed by atoms with Gasteiger partial charge in [0.1, 0.15) is 0 Å². The molecule has 0 spiro atoms. The summed E-state index contributed by atoms with van der Waals surface area (Å²) in [5.41, 5.74) is 8.59. The zero-order valence-corrected chi connectivity index (χ0v) is 9.61. The molecular weight excluding hydrogens is 216 g/mol. The maximum absolute atomic E-state index is 11.1. The predicted molar refractivity (Wildman–Crippen MR) is 66.0 cm³/mol. The maximum Gasteiger partial charge on any atom is 0.417 e. The minimum Gasteiger partial charge on any atom is -0.408 e. The number of nitrogens with two attached hydrogens (primary N) is 1. The lowest BCUT2D eigenvalue weighted by Crippen LogP contribution is -2.25. The molecule has 0 radical (unpaired) electrons. The van der Waals surface area contributed by atoms with Crippen LogP contribution in [0, 0.1) is 0 Å². The molecule has 4 nitrogen and oxygen atoms in total. The van der Waals surface area contributed by atoms with Crippen LogP contribution in [-0.2, 0) is 0 Å². The van der Waals surface area contributed by atoms with Gasteiger partial charge in [-0.2, -0.15) is 0 Å². The molecule has 1 saturated carbocycles. The Morgan fingerprint density at radius 1 is 1.24 bits per heavy atom. The molecule has 1 aromatic heterocycles. The minimum absolute atomic E-state index is 0.361. The Morgan fingerprint density at radius 2 is 2.00 bits per heavy atom. The van der Waals surface area contributed by atoms with Gasteiger partial charge in [0.05, 0.1) is 5.52 Å². The van der Waals surface area contributed by atoms with E-state index in [2.05, 4.69) is 11.1 Å². The van der Waals surface area contributed by atoms with Crippen LogP contribution in [0.4, 0.5) is 0 Å². The van der Waals surface area contributed by atoms with E-state index in [9.17, 15) is 4.79 Å². The van der Waals surface area contributed by atoms with Gasteiger partial charge in [0.15, 0.2) is 5.58 Å². The first kappa shape index (κ1) is 10.6. The molecule has 0 aliphatic heterocycles. The molecule has 0 bridgehead atoms. The third-order valence-electron chi connectivity index (χ3n) is 3.69. The largest absolute Gasteiger partial charge is 0.417 e. The first-order valence-corrected chi connectivity index (χ1v) is 6.11. The van der Waals surface area contributed by atoms with Crippen molar-refractivity contribution in [2.45, 2.75) is 37.6 Å². The van der Waals surface area contributed by atoms with Crippen LogP contribution in [0.5, 0.6) is 0 Å². The number of rotatable bonds is 1. The highest BCUT2D eigenvalue weighted by Gasteiger charge is 2.20. The number of aromatic nitrogens is 1. The molecule has 1 fully saturated rings. The standard InChI is InChI=1S/C13H16N2O2/c14-10-4-1-8(2-5-10)9-3-6-11-12(7-9)17-13(16)15-11/h3,6-8,10H,1-2,4-5,14H2,(H,15,16). The van der Waals surface area contributed by atoms with Crippen molar-refractivity contribution in [3.8, 4) is 0 Å². The number of hydrogen-bond donors (Lipinski definition) is 2. The van der Waals surface area contributed by atoms with E-state index in [0.717, 1.165) is 31.2 Å². The maximum atomic E-state index is 11.1. The fourth-order valence-electron chi connectivity index (χ4n) is 2.67. The molecular formula is C13H16N2O2. The van der Waals surface area contributed by atoms with Crippen LogP contribution in [0.3, 0.4) is 0 Å². The monoisotopic (exact) mass is 232 g/mol. The summed E-state index contributed by atoms with van der Waals surface area (Å²) in [5.74, 6) is 0.169. The molecule has 1 aliphatic carbocycles. The first-order chi connectivity index (χ1) is 8.22. The highest BCUT2D eigenvalue weighted by atomic mass is 16.4. The summed E-state index contributed by atoms with van der Waals surface area (Å²) in [6, 6.07) is 6.34. The topological polar surface area (TPSA) is 72.0 Å². The Labute approximate surface area is 98.8 Å². The highest BCUT2D eigenvalue weighted by Crippen LogP contribution is 2.33. The zero-order valence-electron chi connectivity index (χ0n) is 9.61. The summed E-state index contributed by atoms with van der Waals surface area (Å²) in [5, 5.41) is 0. The lowest BCUT2D eigenvalue weighted by molar-refractivity contribution is 0.395. The second-order valence-corrected chi connectivity index (χ2v) is 4.88. The zero-order chi connectivity index (χ0) is 11.8. The third-order valence-corrected chi connectivity index (χ3v) is 3.69. The van der Waals surface area contributed by atoms with Crippen molar-refractivity contribution in [2.24, 2.45) is 5.73 Å². The SMILES string of the molecule is NC1CCC(c2ccc3[nH]c(=O)oc3c2)CC1. The van der Waals surface area contributed by atoms with Crippen molar-refractivity contribution in [3.05, 3.63) is 34.3 Å². The summed E-state index contributed by atoms with van der Waals surface area (Å²) in [6.45, 7) is 0. The summed E-state index contributed by atoms with van der Waals surface area (Å²) in [7, 11) is 0. The van der Waals surface area contributed by atoms with Crippen molar-refractivity contribution < 1.29 is 4.42 Å². The molecule has 0 unspecified atom stereocenters. The highest BCUT2D eigenvalue weighted by molar-refractivity contribution is 5.72. The molecule has 0 atom stereocenters. The first-order valence-electron chi connectivity index (χ1n) is 6.11. The molecule has 17 heavy (non-hydrogen) atoms. The van der Waals surface area contributed by atoms with Crippen LogP contribution in [0.25, 0.3) is 11.1 Å². The van der Waals surface area contributed by atoms with E-state index in [4.69, 9.17) is 10.2 Å². The molecule has 1 aromatic carbocycles. The quantitative estimate of drug-likeness (QED) is 0.791. The molecule has 90 valence electrons. The van der Waals surface area contributed by atoms with Gasteiger partial charge in [-0.05, 0) is 49.3 Å². The third kappa shape index (κ3) is 2.00. The van der Waals surface area contributed by atoms with Crippen LogP contribution in [0.15, 0.2) is 27.4 Å². The van der Waals surface area contributed by atoms with Gasteiger partial charge < -0.3 is 10.2 Å². The smallest absolute Gasteiger partial charge is 0.408 e. The van der Waals surface area contributed by atoms with Crippen LogP contribution >= 0.6 is 0 Å². The average Bonchev–Trinajstić information content (AvgIpc) is 2.69. The van der Waals surface area contributed by atoms with Crippen LogP contribution < -0.4 is 11.5 Å². The van der Waals surface area contributed by atoms with E-state index in [1.165, 1.54) is 5.56 Å². The normalized spacial score (nSPS) is 25.2. The fourth-order valence-corrected chi connectivity index (χ4v) is 2.67. The van der Waals surface area contributed by atoms with E-state index in [0.29, 0.717) is 17.5 Å². The second-order valence-electron chi connectivity index (χ2n) is 4.88. The predicted octanol–water partition coefficient (Wildman–Crippen LogP) is 2.11. The molecule has 3 N–H and O–H groups in total. The summed E-state index contributed by atoms with van der Waals surface area (Å²) < 4.78 is 5.08. The summed E-state index contributed by atoms with van der Waals surface area (Å²) in [6.07, 6.45) is 4.42. The van der Waals surface area contributed by atoms with Gasteiger partial charge in [0.2, 0.25) is 0 Å². The Bertz CT molecular complexity index is 576. The van der Waals surface area contributed by atoms with Gasteiger partial charge >= 0.3 is 5.76 Å². The Hall–Kier alpha value is -1.55. The Balaban J connectivity index is 1.92. The van der Waals surface area contributed by atoms with Gasteiger partial charge in [-0.25, -0.2) is 4.79 Å². The van der Waals surface area contributed by atoms with E-state index in [1.807, 2.05) is 12.1 Å². The fraction of sp³-hybridized carbons (Fsp3) is 0.462. The van der Waals surface area contributed by atoms with Gasteiger partial charge in [-0.3, -0.25) is 4.98 Å². The van der Waals surface area contributed by atoms with E-state index < -0.39 is 0 Å².